The minimum Gasteiger partial charge on any atom is -0.504 e. The van der Waals surface area contributed by atoms with E-state index >= 15 is 0 Å². The van der Waals surface area contributed by atoms with E-state index < -0.39 is 43.3 Å². The number of nitriles is 1. The number of rotatable bonds is 9. The van der Waals surface area contributed by atoms with Gasteiger partial charge in [-0.05, 0) is 29.8 Å². The van der Waals surface area contributed by atoms with Crippen LogP contribution in [0.1, 0.15) is 5.56 Å². The van der Waals surface area contributed by atoms with E-state index in [1.54, 1.807) is 6.07 Å². The molecule has 11 nitrogen and oxygen atoms in total. The Bertz CT molecular complexity index is 876. The van der Waals surface area contributed by atoms with Crippen molar-refractivity contribution >= 4 is 12.0 Å². The van der Waals surface area contributed by atoms with E-state index in [0.29, 0.717) is 5.56 Å². The second-order valence-corrected chi connectivity index (χ2v) is 6.74. The molecule has 1 aliphatic heterocycles. The largest absolute Gasteiger partial charge is 0.504 e. The summed E-state index contributed by atoms with van der Waals surface area (Å²) in [5.41, 5.74) is 0.642. The molecular weight excluding hydrogens is 426 g/mol. The summed E-state index contributed by atoms with van der Waals surface area (Å²) in [5, 5.41) is 57.2. The van der Waals surface area contributed by atoms with E-state index in [-0.39, 0.29) is 30.3 Å². The van der Waals surface area contributed by atoms with Crippen LogP contribution >= 0.6 is 0 Å². The number of phenols is 1. The van der Waals surface area contributed by atoms with Gasteiger partial charge < -0.3 is 44.5 Å². The van der Waals surface area contributed by atoms with Crippen molar-refractivity contribution < 1.29 is 49.3 Å². The SMILES string of the molecule is COc1cc(/C=C\C(=O)OC/C(C#N)=C/CO[C@@H]2O[C@H](CO)[C@@H](O)[C@H](O)[C@H]2O)ccc1O. The third-order valence-electron chi connectivity index (χ3n) is 4.57. The zero-order valence-electron chi connectivity index (χ0n) is 17.2. The monoisotopic (exact) mass is 451 g/mol. The van der Waals surface area contributed by atoms with Gasteiger partial charge >= 0.3 is 5.97 Å². The summed E-state index contributed by atoms with van der Waals surface area (Å²) in [6.07, 6.45) is -3.21. The van der Waals surface area contributed by atoms with Crippen molar-refractivity contribution in [2.75, 3.05) is 26.9 Å². The Morgan fingerprint density at radius 3 is 2.66 bits per heavy atom. The van der Waals surface area contributed by atoms with Crippen LogP contribution < -0.4 is 4.74 Å². The van der Waals surface area contributed by atoms with Crippen molar-refractivity contribution in [1.29, 1.82) is 5.26 Å². The number of hydrogen-bond acceptors (Lipinski definition) is 11. The Labute approximate surface area is 183 Å². The number of phenolic OH excluding ortho intramolecular Hbond substituents is 1. The number of aromatic hydroxyl groups is 1. The molecule has 5 N–H and O–H groups in total. The first-order valence-corrected chi connectivity index (χ1v) is 9.53. The van der Waals surface area contributed by atoms with E-state index in [2.05, 4.69) is 0 Å². The Kier molecular flexibility index (Phi) is 9.61. The maximum atomic E-state index is 11.9. The lowest BCUT2D eigenvalue weighted by atomic mass is 9.99. The summed E-state index contributed by atoms with van der Waals surface area (Å²) < 4.78 is 20.4. The zero-order valence-corrected chi connectivity index (χ0v) is 17.2. The second-order valence-electron chi connectivity index (χ2n) is 6.74. The first-order chi connectivity index (χ1) is 15.3. The van der Waals surface area contributed by atoms with Crippen molar-refractivity contribution in [2.45, 2.75) is 30.7 Å². The van der Waals surface area contributed by atoms with Crippen LogP contribution in [0.4, 0.5) is 0 Å². The summed E-state index contributed by atoms with van der Waals surface area (Å²) in [5.74, 6) is -0.510. The lowest BCUT2D eigenvalue weighted by Crippen LogP contribution is -2.59. The van der Waals surface area contributed by atoms with Crippen LogP contribution in [0.15, 0.2) is 35.9 Å². The highest BCUT2D eigenvalue weighted by atomic mass is 16.7. The molecule has 1 fully saturated rings. The standard InChI is InChI=1S/C21H25NO10/c1-29-15-8-12(2-4-14(15)24)3-5-17(25)31-11-13(9-22)6-7-30-21-20(28)19(27)18(26)16(10-23)32-21/h2-6,8,16,18-21,23-24,26-28H,7,10-11H2,1H3/b5-3-,13-6+/t16-,18-,19+,20-,21-/m1/s1. The molecule has 0 aliphatic carbocycles. The molecule has 0 spiro atoms. The highest BCUT2D eigenvalue weighted by Crippen LogP contribution is 2.26. The third-order valence-corrected chi connectivity index (χ3v) is 4.57. The summed E-state index contributed by atoms with van der Waals surface area (Å²) in [6, 6.07) is 6.34. The molecule has 1 saturated heterocycles. The van der Waals surface area contributed by atoms with Crippen LogP contribution in [0, 0.1) is 11.3 Å². The van der Waals surface area contributed by atoms with Gasteiger partial charge in [0.25, 0.3) is 0 Å². The van der Waals surface area contributed by atoms with E-state index in [9.17, 15) is 25.2 Å². The van der Waals surface area contributed by atoms with Gasteiger partial charge in [0.2, 0.25) is 0 Å². The van der Waals surface area contributed by atoms with Gasteiger partial charge in [0, 0.05) is 6.08 Å². The van der Waals surface area contributed by atoms with Crippen LogP contribution in [-0.4, -0.2) is 89.1 Å². The van der Waals surface area contributed by atoms with E-state index in [1.807, 2.05) is 6.07 Å². The Morgan fingerprint density at radius 1 is 1.25 bits per heavy atom. The summed E-state index contributed by atoms with van der Waals surface area (Å²) >= 11 is 0. The number of methoxy groups -OCH3 is 1. The minimum absolute atomic E-state index is 0.0399. The average molecular weight is 451 g/mol. The molecule has 1 aromatic rings. The Morgan fingerprint density at radius 2 is 2.00 bits per heavy atom. The predicted octanol–water partition coefficient (Wildman–Crippen LogP) is -0.776. The maximum Gasteiger partial charge on any atom is 0.331 e. The van der Waals surface area contributed by atoms with Crippen LogP contribution in [0.25, 0.3) is 6.08 Å². The van der Waals surface area contributed by atoms with Gasteiger partial charge in [-0.25, -0.2) is 4.79 Å². The molecule has 0 aromatic heterocycles. The van der Waals surface area contributed by atoms with Crippen molar-refractivity contribution in [3.05, 3.63) is 41.5 Å². The number of carbonyl (C=O) groups excluding carboxylic acids is 1. The zero-order chi connectivity index (χ0) is 23.7. The molecule has 2 rings (SSSR count). The Hall–Kier alpha value is -2.98. The summed E-state index contributed by atoms with van der Waals surface area (Å²) in [4.78, 5) is 11.9. The fraction of sp³-hybridized carbons (Fsp3) is 0.429. The molecule has 174 valence electrons. The van der Waals surface area contributed by atoms with Crippen LogP contribution in [0.3, 0.4) is 0 Å². The van der Waals surface area contributed by atoms with Crippen molar-refractivity contribution in [1.82, 2.24) is 0 Å². The molecule has 1 aromatic carbocycles. The number of ether oxygens (including phenoxy) is 4. The fourth-order valence-electron chi connectivity index (χ4n) is 2.74. The molecule has 0 saturated carbocycles. The van der Waals surface area contributed by atoms with Crippen LogP contribution in [0.2, 0.25) is 0 Å². The molecule has 1 aliphatic rings. The molecule has 0 radical (unpaired) electrons. The molecule has 0 bridgehead atoms. The van der Waals surface area contributed by atoms with Gasteiger partial charge in [0.1, 0.15) is 31.0 Å². The second kappa shape index (κ2) is 12.2. The van der Waals surface area contributed by atoms with E-state index in [1.165, 1.54) is 31.4 Å². The molecule has 32 heavy (non-hydrogen) atoms. The number of hydrogen-bond donors (Lipinski definition) is 5. The topological polar surface area (TPSA) is 179 Å². The van der Waals surface area contributed by atoms with Gasteiger partial charge in [-0.3, -0.25) is 0 Å². The quantitative estimate of drug-likeness (QED) is 0.181. The molecule has 1 heterocycles. The highest BCUT2D eigenvalue weighted by Gasteiger charge is 2.43. The smallest absolute Gasteiger partial charge is 0.331 e. The van der Waals surface area contributed by atoms with Gasteiger partial charge in [-0.15, -0.1) is 0 Å². The Balaban J connectivity index is 1.85. The van der Waals surface area contributed by atoms with Crippen LogP contribution in [-0.2, 0) is 19.0 Å². The lowest BCUT2D eigenvalue weighted by molar-refractivity contribution is -0.298. The van der Waals surface area contributed by atoms with E-state index in [4.69, 9.17) is 29.3 Å². The lowest BCUT2D eigenvalue weighted by Gasteiger charge is -2.39. The van der Waals surface area contributed by atoms with Crippen molar-refractivity contribution in [3.63, 3.8) is 0 Å². The summed E-state index contributed by atoms with van der Waals surface area (Å²) in [7, 11) is 1.40. The van der Waals surface area contributed by atoms with Gasteiger partial charge in [0.05, 0.1) is 32.0 Å². The molecule has 0 amide bonds. The molecule has 5 atom stereocenters. The first-order valence-electron chi connectivity index (χ1n) is 9.53. The summed E-state index contributed by atoms with van der Waals surface area (Å²) in [6.45, 7) is -1.16. The predicted molar refractivity (Wildman–Crippen MR) is 108 cm³/mol. The normalized spacial score (nSPS) is 26.0. The van der Waals surface area contributed by atoms with Crippen molar-refractivity contribution in [2.24, 2.45) is 0 Å². The number of benzene rings is 1. The maximum absolute atomic E-state index is 11.9. The number of carbonyl (C=O) groups is 1. The van der Waals surface area contributed by atoms with Crippen molar-refractivity contribution in [3.8, 4) is 17.6 Å². The molecule has 11 heteroatoms. The van der Waals surface area contributed by atoms with Gasteiger partial charge in [-0.1, -0.05) is 6.07 Å². The molecule has 0 unspecified atom stereocenters. The van der Waals surface area contributed by atoms with Crippen LogP contribution in [0.5, 0.6) is 11.5 Å². The van der Waals surface area contributed by atoms with E-state index in [0.717, 1.165) is 6.08 Å². The third kappa shape index (κ3) is 6.76. The minimum atomic E-state index is -1.58. The first kappa shape index (κ1) is 25.3. The number of esters is 1. The number of aliphatic hydroxyl groups excluding tert-OH is 4. The van der Waals surface area contributed by atoms with Gasteiger partial charge in [0.15, 0.2) is 17.8 Å². The fourth-order valence-corrected chi connectivity index (χ4v) is 2.74. The molecular formula is C21H25NO10. The number of aliphatic hydroxyl groups is 4. The number of nitrogens with zero attached hydrogens (tertiary/aromatic N) is 1. The average Bonchev–Trinajstić information content (AvgIpc) is 2.80. The highest BCUT2D eigenvalue weighted by molar-refractivity contribution is 5.87. The van der Waals surface area contributed by atoms with Gasteiger partial charge in [-0.2, -0.15) is 5.26 Å².